The molecular weight excluding hydrogens is 338 g/mol. The number of likely N-dealkylation sites (tertiary alicyclic amines) is 1. The van der Waals surface area contributed by atoms with Crippen molar-refractivity contribution in [2.45, 2.75) is 19.8 Å². The Morgan fingerprint density at radius 1 is 0.963 bits per heavy atom. The monoisotopic (exact) mass is 361 g/mol. The van der Waals surface area contributed by atoms with Gasteiger partial charge in [0.2, 0.25) is 0 Å². The summed E-state index contributed by atoms with van der Waals surface area (Å²) in [6.45, 7) is 3.37. The van der Waals surface area contributed by atoms with Crippen molar-refractivity contribution in [1.29, 1.82) is 0 Å². The van der Waals surface area contributed by atoms with E-state index >= 15 is 0 Å². The second-order valence-corrected chi connectivity index (χ2v) is 6.51. The second-order valence-electron chi connectivity index (χ2n) is 6.51. The van der Waals surface area contributed by atoms with Gasteiger partial charge in [0.25, 0.3) is 5.91 Å². The number of benzene rings is 2. The number of rotatable bonds is 3. The molecule has 2 aromatic rings. The van der Waals surface area contributed by atoms with E-state index in [0.717, 1.165) is 11.1 Å². The first-order valence-electron chi connectivity index (χ1n) is 9.30. The topological polar surface area (TPSA) is 46.6 Å². The van der Waals surface area contributed by atoms with Crippen LogP contribution in [0.5, 0.6) is 0 Å². The van der Waals surface area contributed by atoms with Crippen LogP contribution in [-0.2, 0) is 9.53 Å². The second kappa shape index (κ2) is 9.05. The predicted octanol–water partition coefficient (Wildman–Crippen LogP) is 3.50. The third-order valence-corrected chi connectivity index (χ3v) is 4.66. The zero-order valence-electron chi connectivity index (χ0n) is 15.5. The number of hydrogen-bond acceptors (Lipinski definition) is 3. The van der Waals surface area contributed by atoms with Gasteiger partial charge < -0.3 is 9.64 Å². The van der Waals surface area contributed by atoms with Crippen LogP contribution in [0.2, 0.25) is 0 Å². The fourth-order valence-corrected chi connectivity index (χ4v) is 3.12. The Bertz CT molecular complexity index is 839. The van der Waals surface area contributed by atoms with E-state index in [2.05, 4.69) is 11.8 Å². The van der Waals surface area contributed by atoms with Crippen molar-refractivity contribution < 1.29 is 14.3 Å². The van der Waals surface area contributed by atoms with Crippen LogP contribution in [0.25, 0.3) is 0 Å². The lowest BCUT2D eigenvalue weighted by atomic mass is 9.96. The van der Waals surface area contributed by atoms with Crippen molar-refractivity contribution >= 4 is 11.9 Å². The number of esters is 1. The summed E-state index contributed by atoms with van der Waals surface area (Å²) in [5, 5.41) is 0. The molecule has 27 heavy (non-hydrogen) atoms. The molecule has 0 aliphatic carbocycles. The summed E-state index contributed by atoms with van der Waals surface area (Å²) in [5.74, 6) is 5.98. The molecule has 1 aliphatic rings. The Labute approximate surface area is 160 Å². The maximum Gasteiger partial charge on any atom is 0.309 e. The third-order valence-electron chi connectivity index (χ3n) is 4.66. The van der Waals surface area contributed by atoms with Crippen LogP contribution in [0.15, 0.2) is 54.6 Å². The molecule has 0 radical (unpaired) electrons. The van der Waals surface area contributed by atoms with E-state index in [1.165, 1.54) is 0 Å². The van der Waals surface area contributed by atoms with Gasteiger partial charge in [-0.25, -0.2) is 0 Å². The zero-order chi connectivity index (χ0) is 19.1. The molecule has 1 heterocycles. The van der Waals surface area contributed by atoms with Gasteiger partial charge >= 0.3 is 5.97 Å². The normalized spacial score (nSPS) is 14.2. The van der Waals surface area contributed by atoms with Crippen molar-refractivity contribution in [2.75, 3.05) is 19.7 Å². The molecule has 138 valence electrons. The number of carbonyl (C=O) groups excluding carboxylic acids is 2. The van der Waals surface area contributed by atoms with E-state index in [0.29, 0.717) is 38.1 Å². The molecule has 4 nitrogen and oxygen atoms in total. The average Bonchev–Trinajstić information content (AvgIpc) is 2.73. The lowest BCUT2D eigenvalue weighted by Gasteiger charge is -2.31. The highest BCUT2D eigenvalue weighted by Crippen LogP contribution is 2.20. The number of carbonyl (C=O) groups is 2. The van der Waals surface area contributed by atoms with Gasteiger partial charge in [0, 0.05) is 29.8 Å². The van der Waals surface area contributed by atoms with Crippen molar-refractivity contribution in [2.24, 2.45) is 5.92 Å². The third kappa shape index (κ3) is 4.98. The number of amides is 1. The quantitative estimate of drug-likeness (QED) is 0.621. The summed E-state index contributed by atoms with van der Waals surface area (Å²) in [5.41, 5.74) is 2.48. The molecular formula is C23H23NO3. The Morgan fingerprint density at radius 3 is 2.15 bits per heavy atom. The van der Waals surface area contributed by atoms with Gasteiger partial charge in [-0.05, 0) is 56.2 Å². The van der Waals surface area contributed by atoms with Gasteiger partial charge in [0.1, 0.15) is 0 Å². The van der Waals surface area contributed by atoms with Crippen molar-refractivity contribution in [3.8, 4) is 11.8 Å². The smallest absolute Gasteiger partial charge is 0.309 e. The van der Waals surface area contributed by atoms with E-state index in [1.807, 2.05) is 61.5 Å². The molecule has 1 aliphatic heterocycles. The van der Waals surface area contributed by atoms with Crippen LogP contribution in [0.3, 0.4) is 0 Å². The molecule has 4 heteroatoms. The standard InChI is InChI=1S/C23H23NO3/c1-2-27-23(26)21-14-16-24(17-15-21)22(25)20-12-10-19(11-13-20)9-8-18-6-4-3-5-7-18/h3-7,10-13,21H,2,14-17H2,1H3. The van der Waals surface area contributed by atoms with Gasteiger partial charge in [-0.2, -0.15) is 0 Å². The highest BCUT2D eigenvalue weighted by molar-refractivity contribution is 5.94. The van der Waals surface area contributed by atoms with Crippen LogP contribution in [0.1, 0.15) is 41.3 Å². The molecule has 1 fully saturated rings. The Kier molecular flexibility index (Phi) is 6.27. The number of nitrogens with zero attached hydrogens (tertiary/aromatic N) is 1. The highest BCUT2D eigenvalue weighted by atomic mass is 16.5. The predicted molar refractivity (Wildman–Crippen MR) is 104 cm³/mol. The summed E-state index contributed by atoms with van der Waals surface area (Å²) in [7, 11) is 0. The van der Waals surface area contributed by atoms with Gasteiger partial charge in [-0.15, -0.1) is 0 Å². The van der Waals surface area contributed by atoms with Crippen LogP contribution in [0.4, 0.5) is 0 Å². The fourth-order valence-electron chi connectivity index (χ4n) is 3.12. The number of hydrogen-bond donors (Lipinski definition) is 0. The van der Waals surface area contributed by atoms with E-state index in [4.69, 9.17) is 4.74 Å². The lowest BCUT2D eigenvalue weighted by molar-refractivity contribution is -0.149. The summed E-state index contributed by atoms with van der Waals surface area (Å²) >= 11 is 0. The minimum atomic E-state index is -0.147. The van der Waals surface area contributed by atoms with Crippen molar-refractivity contribution in [3.05, 3.63) is 71.3 Å². The summed E-state index contributed by atoms with van der Waals surface area (Å²) < 4.78 is 5.07. The van der Waals surface area contributed by atoms with Crippen molar-refractivity contribution in [1.82, 2.24) is 4.90 Å². The Balaban J connectivity index is 1.58. The summed E-state index contributed by atoms with van der Waals surface area (Å²) in [6, 6.07) is 17.2. The van der Waals surface area contributed by atoms with Crippen molar-refractivity contribution in [3.63, 3.8) is 0 Å². The first-order chi connectivity index (χ1) is 13.2. The summed E-state index contributed by atoms with van der Waals surface area (Å²) in [6.07, 6.45) is 1.32. The first-order valence-corrected chi connectivity index (χ1v) is 9.30. The van der Waals surface area contributed by atoms with Gasteiger partial charge in [-0.3, -0.25) is 9.59 Å². The fraction of sp³-hybridized carbons (Fsp3) is 0.304. The van der Waals surface area contributed by atoms with Crippen LogP contribution in [0, 0.1) is 17.8 Å². The molecule has 1 amide bonds. The molecule has 0 saturated carbocycles. The highest BCUT2D eigenvalue weighted by Gasteiger charge is 2.28. The van der Waals surface area contributed by atoms with Gasteiger partial charge in [0.05, 0.1) is 12.5 Å². The Hall–Kier alpha value is -3.06. The zero-order valence-corrected chi connectivity index (χ0v) is 15.5. The van der Waals surface area contributed by atoms with Crippen LogP contribution < -0.4 is 0 Å². The molecule has 0 N–H and O–H groups in total. The van der Waals surface area contributed by atoms with Gasteiger partial charge in [-0.1, -0.05) is 30.0 Å². The molecule has 0 bridgehead atoms. The van der Waals surface area contributed by atoms with Crippen LogP contribution >= 0.6 is 0 Å². The molecule has 0 aromatic heterocycles. The minimum absolute atomic E-state index is 0.000113. The largest absolute Gasteiger partial charge is 0.466 e. The average molecular weight is 361 g/mol. The SMILES string of the molecule is CCOC(=O)C1CCN(C(=O)c2ccc(C#Cc3ccccc3)cc2)CC1. The lowest BCUT2D eigenvalue weighted by Crippen LogP contribution is -2.40. The molecule has 0 spiro atoms. The Morgan fingerprint density at radius 2 is 1.56 bits per heavy atom. The van der Waals surface area contributed by atoms with Gasteiger partial charge in [0.15, 0.2) is 0 Å². The van der Waals surface area contributed by atoms with E-state index in [-0.39, 0.29) is 17.8 Å². The number of ether oxygens (including phenoxy) is 1. The molecule has 2 aromatic carbocycles. The minimum Gasteiger partial charge on any atom is -0.466 e. The summed E-state index contributed by atoms with van der Waals surface area (Å²) in [4.78, 5) is 26.3. The maximum absolute atomic E-state index is 12.7. The molecule has 0 unspecified atom stereocenters. The van der Waals surface area contributed by atoms with E-state index in [1.54, 1.807) is 4.90 Å². The van der Waals surface area contributed by atoms with Crippen LogP contribution in [-0.4, -0.2) is 36.5 Å². The van der Waals surface area contributed by atoms with E-state index < -0.39 is 0 Å². The molecule has 3 rings (SSSR count). The molecule has 0 atom stereocenters. The van der Waals surface area contributed by atoms with E-state index in [9.17, 15) is 9.59 Å². The number of piperidine rings is 1. The molecule has 1 saturated heterocycles. The maximum atomic E-state index is 12.7. The first kappa shape index (κ1) is 18.7.